The Hall–Kier alpha value is -3.49. The predicted molar refractivity (Wildman–Crippen MR) is 91.8 cm³/mol. The van der Waals surface area contributed by atoms with Crippen molar-refractivity contribution < 1.29 is 33.1 Å². The minimum atomic E-state index is -1.07. The number of esters is 1. The molecule has 0 atom stereocenters. The van der Waals surface area contributed by atoms with Gasteiger partial charge in [0.1, 0.15) is 11.4 Å². The van der Waals surface area contributed by atoms with Crippen molar-refractivity contribution in [3.8, 4) is 11.5 Å². The summed E-state index contributed by atoms with van der Waals surface area (Å²) in [5, 5.41) is 11.3. The van der Waals surface area contributed by atoms with Gasteiger partial charge < -0.3 is 14.2 Å². The fourth-order valence-electron chi connectivity index (χ4n) is 2.22. The van der Waals surface area contributed by atoms with E-state index in [1.807, 2.05) is 0 Å². The Morgan fingerprint density at radius 3 is 2.37 bits per heavy atom. The summed E-state index contributed by atoms with van der Waals surface area (Å²) in [4.78, 5) is 34.8. The zero-order chi connectivity index (χ0) is 20.0. The molecule has 0 heterocycles. The second-order valence-electron chi connectivity index (χ2n) is 5.22. The summed E-state index contributed by atoms with van der Waals surface area (Å²) in [5.74, 6) is -1.95. The average molecular weight is 377 g/mol. The maximum Gasteiger partial charge on any atom is 0.345 e. The molecule has 9 heteroatoms. The van der Waals surface area contributed by atoms with Gasteiger partial charge in [-0.25, -0.2) is 9.18 Å². The first-order valence-corrected chi connectivity index (χ1v) is 7.82. The third-order valence-corrected chi connectivity index (χ3v) is 3.50. The van der Waals surface area contributed by atoms with Crippen LogP contribution in [0.4, 0.5) is 10.1 Å². The second-order valence-corrected chi connectivity index (χ2v) is 5.22. The molecule has 0 fully saturated rings. The van der Waals surface area contributed by atoms with Gasteiger partial charge in [-0.1, -0.05) is 0 Å². The van der Waals surface area contributed by atoms with Crippen LogP contribution in [0.15, 0.2) is 36.4 Å². The zero-order valence-electron chi connectivity index (χ0n) is 14.6. The minimum absolute atomic E-state index is 0.0856. The Kier molecular flexibility index (Phi) is 6.42. The highest BCUT2D eigenvalue weighted by molar-refractivity contribution is 6.00. The molecule has 8 nitrogen and oxygen atoms in total. The van der Waals surface area contributed by atoms with Crippen molar-refractivity contribution in [3.63, 3.8) is 0 Å². The van der Waals surface area contributed by atoms with E-state index in [-0.39, 0.29) is 29.2 Å². The fraction of sp³-hybridized carbons (Fsp3) is 0.222. The summed E-state index contributed by atoms with van der Waals surface area (Å²) < 4.78 is 28.1. The van der Waals surface area contributed by atoms with Gasteiger partial charge in [0, 0.05) is 11.6 Å². The first kappa shape index (κ1) is 19.8. The van der Waals surface area contributed by atoms with Crippen LogP contribution in [-0.2, 0) is 4.74 Å². The number of ketones is 1. The molecule has 0 aliphatic rings. The molecular formula is C18H16FNO7. The topological polar surface area (TPSA) is 105 Å². The lowest BCUT2D eigenvalue weighted by molar-refractivity contribution is -0.385. The number of ether oxygens (including phenoxy) is 3. The number of benzene rings is 2. The molecule has 2 aromatic rings. The predicted octanol–water partition coefficient (Wildman–Crippen LogP) is 3.18. The van der Waals surface area contributed by atoms with Crippen LogP contribution < -0.4 is 9.47 Å². The van der Waals surface area contributed by atoms with Gasteiger partial charge in [0.2, 0.25) is 0 Å². The molecule has 2 aromatic carbocycles. The van der Waals surface area contributed by atoms with Gasteiger partial charge in [0.25, 0.3) is 5.69 Å². The fourth-order valence-corrected chi connectivity index (χ4v) is 2.22. The molecule has 0 unspecified atom stereocenters. The highest BCUT2D eigenvalue weighted by atomic mass is 19.1. The molecule has 0 amide bonds. The van der Waals surface area contributed by atoms with Gasteiger partial charge in [0.15, 0.2) is 23.9 Å². The monoisotopic (exact) mass is 377 g/mol. The lowest BCUT2D eigenvalue weighted by Crippen LogP contribution is -2.15. The summed E-state index contributed by atoms with van der Waals surface area (Å²) in [5.41, 5.74) is -0.783. The van der Waals surface area contributed by atoms with E-state index < -0.39 is 34.8 Å². The number of carbonyl (C=O) groups is 2. The summed E-state index contributed by atoms with van der Waals surface area (Å²) in [6, 6.07) is 6.85. The van der Waals surface area contributed by atoms with Gasteiger partial charge in [-0.05, 0) is 31.2 Å². The Bertz CT molecular complexity index is 865. The maximum absolute atomic E-state index is 12.9. The van der Waals surface area contributed by atoms with Gasteiger partial charge >= 0.3 is 5.97 Å². The van der Waals surface area contributed by atoms with Crippen LogP contribution in [0.25, 0.3) is 0 Å². The molecule has 0 spiro atoms. The summed E-state index contributed by atoms with van der Waals surface area (Å²) >= 11 is 0. The van der Waals surface area contributed by atoms with Crippen molar-refractivity contribution in [2.75, 3.05) is 20.3 Å². The normalized spacial score (nSPS) is 10.2. The molecule has 0 aliphatic heterocycles. The van der Waals surface area contributed by atoms with E-state index in [9.17, 15) is 24.1 Å². The van der Waals surface area contributed by atoms with E-state index in [1.165, 1.54) is 19.2 Å². The van der Waals surface area contributed by atoms with Crippen molar-refractivity contribution in [1.82, 2.24) is 0 Å². The number of Topliss-reactive ketones (excluding diaryl/α,β-unsaturated/α-hetero) is 1. The average Bonchev–Trinajstić information content (AvgIpc) is 2.66. The number of carbonyl (C=O) groups excluding carboxylic acids is 2. The summed E-state index contributed by atoms with van der Waals surface area (Å²) in [6.07, 6.45) is 0. The Morgan fingerprint density at radius 2 is 1.81 bits per heavy atom. The number of rotatable bonds is 8. The van der Waals surface area contributed by atoms with Crippen LogP contribution in [0.3, 0.4) is 0 Å². The summed E-state index contributed by atoms with van der Waals surface area (Å²) in [6.45, 7) is 1.28. The van der Waals surface area contributed by atoms with E-state index in [1.54, 1.807) is 6.92 Å². The molecular weight excluding hydrogens is 361 g/mol. The van der Waals surface area contributed by atoms with E-state index in [0.717, 1.165) is 24.3 Å². The van der Waals surface area contributed by atoms with Crippen LogP contribution in [-0.4, -0.2) is 37.0 Å². The lowest BCUT2D eigenvalue weighted by atomic mass is 10.1. The summed E-state index contributed by atoms with van der Waals surface area (Å²) in [7, 11) is 1.31. The van der Waals surface area contributed by atoms with Crippen molar-refractivity contribution in [3.05, 3.63) is 63.5 Å². The van der Waals surface area contributed by atoms with E-state index >= 15 is 0 Å². The first-order valence-electron chi connectivity index (χ1n) is 7.82. The molecule has 0 aliphatic carbocycles. The molecule has 0 N–H and O–H groups in total. The molecule has 0 saturated carbocycles. The number of hydrogen-bond acceptors (Lipinski definition) is 7. The third kappa shape index (κ3) is 4.78. The quantitative estimate of drug-likeness (QED) is 0.301. The number of halogens is 1. The highest BCUT2D eigenvalue weighted by Gasteiger charge is 2.26. The number of nitro benzene ring substituents is 1. The Balaban J connectivity index is 2.23. The minimum Gasteiger partial charge on any atom is -0.493 e. The van der Waals surface area contributed by atoms with E-state index in [0.29, 0.717) is 0 Å². The number of hydrogen-bond donors (Lipinski definition) is 0. The van der Waals surface area contributed by atoms with Crippen molar-refractivity contribution in [1.29, 1.82) is 0 Å². The molecule has 27 heavy (non-hydrogen) atoms. The first-order chi connectivity index (χ1) is 12.9. The molecule has 142 valence electrons. The standard InChI is InChI=1S/C18H16FNO7/c1-3-26-17-8-13(14(20(23)24)9-16(17)25-2)18(22)27-10-15(21)11-4-6-12(19)7-5-11/h4-9H,3,10H2,1-2H3. The third-order valence-electron chi connectivity index (χ3n) is 3.50. The highest BCUT2D eigenvalue weighted by Crippen LogP contribution is 2.35. The second kappa shape index (κ2) is 8.75. The SMILES string of the molecule is CCOc1cc(C(=O)OCC(=O)c2ccc(F)cc2)c([N+](=O)[O-])cc1OC. The van der Waals surface area contributed by atoms with Gasteiger partial charge in [-0.2, -0.15) is 0 Å². The van der Waals surface area contributed by atoms with Crippen LogP contribution in [0.1, 0.15) is 27.6 Å². The zero-order valence-corrected chi connectivity index (χ0v) is 14.6. The van der Waals surface area contributed by atoms with Crippen molar-refractivity contribution >= 4 is 17.4 Å². The van der Waals surface area contributed by atoms with Crippen molar-refractivity contribution in [2.45, 2.75) is 6.92 Å². The number of methoxy groups -OCH3 is 1. The lowest BCUT2D eigenvalue weighted by Gasteiger charge is -2.11. The molecule has 0 bridgehead atoms. The molecule has 0 radical (unpaired) electrons. The number of nitro groups is 1. The van der Waals surface area contributed by atoms with Crippen LogP contribution >= 0.6 is 0 Å². The van der Waals surface area contributed by atoms with Crippen LogP contribution in [0, 0.1) is 15.9 Å². The number of nitrogens with zero attached hydrogens (tertiary/aromatic N) is 1. The van der Waals surface area contributed by atoms with Gasteiger partial charge in [-0.15, -0.1) is 0 Å². The van der Waals surface area contributed by atoms with Gasteiger partial charge in [-0.3, -0.25) is 14.9 Å². The molecule has 2 rings (SSSR count). The van der Waals surface area contributed by atoms with Crippen LogP contribution in [0.2, 0.25) is 0 Å². The van der Waals surface area contributed by atoms with Gasteiger partial charge in [0.05, 0.1) is 24.7 Å². The van der Waals surface area contributed by atoms with Crippen LogP contribution in [0.5, 0.6) is 11.5 Å². The Labute approximate surface area is 153 Å². The molecule has 0 saturated heterocycles. The molecule has 0 aromatic heterocycles. The van der Waals surface area contributed by atoms with Crippen molar-refractivity contribution in [2.24, 2.45) is 0 Å². The van der Waals surface area contributed by atoms with E-state index in [2.05, 4.69) is 0 Å². The Morgan fingerprint density at radius 1 is 1.15 bits per heavy atom. The maximum atomic E-state index is 12.9. The van der Waals surface area contributed by atoms with E-state index in [4.69, 9.17) is 14.2 Å². The smallest absolute Gasteiger partial charge is 0.345 e. The largest absolute Gasteiger partial charge is 0.493 e.